The second kappa shape index (κ2) is 13.6. The highest BCUT2D eigenvalue weighted by molar-refractivity contribution is 6.30. The summed E-state index contributed by atoms with van der Waals surface area (Å²) in [5, 5.41) is 3.64. The van der Waals surface area contributed by atoms with Crippen LogP contribution in [-0.4, -0.2) is 41.2 Å². The molecule has 2 aromatic rings. The molecule has 0 saturated carbocycles. The second-order valence-electron chi connectivity index (χ2n) is 8.47. The second-order valence-corrected chi connectivity index (χ2v) is 8.90. The van der Waals surface area contributed by atoms with Crippen molar-refractivity contribution in [2.45, 2.75) is 45.2 Å². The summed E-state index contributed by atoms with van der Waals surface area (Å²) in [4.78, 5) is 30.8. The maximum absolute atomic E-state index is 13.5. The van der Waals surface area contributed by atoms with Gasteiger partial charge in [-0.3, -0.25) is 9.59 Å². The van der Waals surface area contributed by atoms with Crippen molar-refractivity contribution in [1.29, 1.82) is 0 Å². The number of allylic oxidation sites excluding steroid dienone is 2. The smallest absolute Gasteiger partial charge is 0.247 e. The molecule has 0 spiro atoms. The first-order chi connectivity index (χ1) is 16.6. The van der Waals surface area contributed by atoms with E-state index in [1.807, 2.05) is 60.8 Å². The molecule has 1 unspecified atom stereocenters. The van der Waals surface area contributed by atoms with Crippen molar-refractivity contribution in [2.24, 2.45) is 0 Å². The summed E-state index contributed by atoms with van der Waals surface area (Å²) in [5.74, 6) is -0.181. The highest BCUT2D eigenvalue weighted by Gasteiger charge is 2.30. The van der Waals surface area contributed by atoms with Crippen molar-refractivity contribution >= 4 is 23.4 Å². The van der Waals surface area contributed by atoms with Crippen molar-refractivity contribution in [3.05, 3.63) is 95.2 Å². The number of nitrogens with zero attached hydrogens (tertiary/aromatic N) is 2. The van der Waals surface area contributed by atoms with E-state index in [1.165, 1.54) is 0 Å². The van der Waals surface area contributed by atoms with E-state index in [0.29, 0.717) is 24.5 Å². The van der Waals surface area contributed by atoms with Gasteiger partial charge in [0.2, 0.25) is 11.8 Å². The van der Waals surface area contributed by atoms with Crippen LogP contribution in [0.25, 0.3) is 0 Å². The largest absolute Gasteiger partial charge is 0.374 e. The van der Waals surface area contributed by atoms with E-state index in [-0.39, 0.29) is 11.8 Å². The standard InChI is InChI=1S/C28H34ClN3O2/c1-2-3-21-32(26(33)13-10-20-31-18-8-5-9-19-31)27(24-14-16-25(29)17-15-24)28(34)30-22-23-11-6-4-7-12-23/h4-9,11-12,14-18,27H,2-3,10,13,19-22H2,1H3,(H,30,34). The average molecular weight is 480 g/mol. The summed E-state index contributed by atoms with van der Waals surface area (Å²) < 4.78 is 0. The molecular formula is C28H34ClN3O2. The van der Waals surface area contributed by atoms with Crippen LogP contribution in [0.15, 0.2) is 79.0 Å². The number of unbranched alkanes of at least 4 members (excludes halogenated alkanes) is 1. The van der Waals surface area contributed by atoms with Crippen molar-refractivity contribution in [3.63, 3.8) is 0 Å². The van der Waals surface area contributed by atoms with E-state index in [9.17, 15) is 9.59 Å². The number of carbonyl (C=O) groups excluding carboxylic acids is 2. The molecular weight excluding hydrogens is 446 g/mol. The topological polar surface area (TPSA) is 52.7 Å². The molecule has 34 heavy (non-hydrogen) atoms. The minimum absolute atomic E-state index is 0.000192. The minimum Gasteiger partial charge on any atom is -0.374 e. The van der Waals surface area contributed by atoms with Crippen LogP contribution in [0.5, 0.6) is 0 Å². The first-order valence-electron chi connectivity index (χ1n) is 12.0. The first kappa shape index (κ1) is 25.6. The Morgan fingerprint density at radius 1 is 1.06 bits per heavy atom. The molecule has 0 aliphatic carbocycles. The molecule has 0 bridgehead atoms. The predicted octanol–water partition coefficient (Wildman–Crippen LogP) is 5.49. The molecule has 0 fully saturated rings. The van der Waals surface area contributed by atoms with Gasteiger partial charge >= 0.3 is 0 Å². The van der Waals surface area contributed by atoms with E-state index in [4.69, 9.17) is 11.6 Å². The molecule has 0 radical (unpaired) electrons. The quantitative estimate of drug-likeness (QED) is 0.437. The molecule has 180 valence electrons. The molecule has 6 heteroatoms. The zero-order valence-corrected chi connectivity index (χ0v) is 20.6. The van der Waals surface area contributed by atoms with Crippen molar-refractivity contribution < 1.29 is 9.59 Å². The fraction of sp³-hybridized carbons (Fsp3) is 0.357. The van der Waals surface area contributed by atoms with Gasteiger partial charge in [-0.2, -0.15) is 0 Å². The Bertz CT molecular complexity index is 973. The van der Waals surface area contributed by atoms with E-state index < -0.39 is 6.04 Å². The third-order valence-corrected chi connectivity index (χ3v) is 6.10. The third-order valence-electron chi connectivity index (χ3n) is 5.85. The first-order valence-corrected chi connectivity index (χ1v) is 12.4. The van der Waals surface area contributed by atoms with Crippen LogP contribution in [0.4, 0.5) is 0 Å². The van der Waals surface area contributed by atoms with Gasteiger partial charge in [0.05, 0.1) is 0 Å². The number of nitrogens with one attached hydrogen (secondary N) is 1. The van der Waals surface area contributed by atoms with E-state index in [2.05, 4.69) is 23.2 Å². The van der Waals surface area contributed by atoms with E-state index >= 15 is 0 Å². The number of hydrogen-bond acceptors (Lipinski definition) is 3. The van der Waals surface area contributed by atoms with Crippen LogP contribution >= 0.6 is 11.6 Å². The summed E-state index contributed by atoms with van der Waals surface area (Å²) in [6.07, 6.45) is 11.1. The van der Waals surface area contributed by atoms with Crippen LogP contribution in [0, 0.1) is 0 Å². The summed E-state index contributed by atoms with van der Waals surface area (Å²) in [6, 6.07) is 16.3. The van der Waals surface area contributed by atoms with Gasteiger partial charge in [-0.15, -0.1) is 0 Å². The summed E-state index contributed by atoms with van der Waals surface area (Å²) in [5.41, 5.74) is 1.78. The van der Waals surface area contributed by atoms with Gasteiger partial charge in [0.1, 0.15) is 6.04 Å². The molecule has 1 N–H and O–H groups in total. The Labute approximate surface area is 208 Å². The van der Waals surface area contributed by atoms with Crippen molar-refractivity contribution in [2.75, 3.05) is 19.6 Å². The van der Waals surface area contributed by atoms with Gasteiger partial charge in [0.25, 0.3) is 0 Å². The SMILES string of the molecule is CCCCN(C(=O)CCCN1C=CC=CC1)C(C(=O)NCc1ccccc1)c1ccc(Cl)cc1. The lowest BCUT2D eigenvalue weighted by Gasteiger charge is -2.32. The highest BCUT2D eigenvalue weighted by Crippen LogP contribution is 2.25. The zero-order valence-electron chi connectivity index (χ0n) is 19.8. The van der Waals surface area contributed by atoms with Crippen LogP contribution < -0.4 is 5.32 Å². The van der Waals surface area contributed by atoms with Crippen molar-refractivity contribution in [1.82, 2.24) is 15.1 Å². The fourth-order valence-electron chi connectivity index (χ4n) is 3.98. The molecule has 3 rings (SSSR count). The maximum Gasteiger partial charge on any atom is 0.247 e. The molecule has 1 aliphatic heterocycles. The molecule has 0 saturated heterocycles. The summed E-state index contributed by atoms with van der Waals surface area (Å²) >= 11 is 6.11. The van der Waals surface area contributed by atoms with E-state index in [0.717, 1.165) is 43.5 Å². The van der Waals surface area contributed by atoms with Crippen LogP contribution in [-0.2, 0) is 16.1 Å². The molecule has 1 heterocycles. The Hall–Kier alpha value is -3.05. The number of halogens is 1. The molecule has 1 atom stereocenters. The Morgan fingerprint density at radius 3 is 2.50 bits per heavy atom. The number of carbonyl (C=O) groups is 2. The summed E-state index contributed by atoms with van der Waals surface area (Å²) in [7, 11) is 0. The Morgan fingerprint density at radius 2 is 1.82 bits per heavy atom. The monoisotopic (exact) mass is 479 g/mol. The summed E-state index contributed by atoms with van der Waals surface area (Å²) in [6.45, 7) is 4.70. The van der Waals surface area contributed by atoms with E-state index in [1.54, 1.807) is 17.0 Å². The number of rotatable bonds is 12. The average Bonchev–Trinajstić information content (AvgIpc) is 2.87. The van der Waals surface area contributed by atoms with Gasteiger partial charge in [0, 0.05) is 37.6 Å². The predicted molar refractivity (Wildman–Crippen MR) is 138 cm³/mol. The lowest BCUT2D eigenvalue weighted by Crippen LogP contribution is -2.44. The lowest BCUT2D eigenvalue weighted by atomic mass is 10.0. The van der Waals surface area contributed by atoms with Gasteiger partial charge in [0.15, 0.2) is 0 Å². The van der Waals surface area contributed by atoms with Crippen molar-refractivity contribution in [3.8, 4) is 0 Å². The number of amides is 2. The molecule has 5 nitrogen and oxygen atoms in total. The Kier molecular flexibility index (Phi) is 10.2. The van der Waals surface area contributed by atoms with Crippen LogP contribution in [0.1, 0.15) is 49.8 Å². The van der Waals surface area contributed by atoms with Gasteiger partial charge in [-0.05, 0) is 48.4 Å². The molecule has 2 amide bonds. The molecule has 1 aliphatic rings. The fourth-order valence-corrected chi connectivity index (χ4v) is 4.10. The van der Waals surface area contributed by atoms with Crippen LogP contribution in [0.2, 0.25) is 5.02 Å². The van der Waals surface area contributed by atoms with Gasteiger partial charge in [-0.25, -0.2) is 0 Å². The third kappa shape index (κ3) is 7.77. The molecule has 0 aromatic heterocycles. The molecule has 2 aromatic carbocycles. The van der Waals surface area contributed by atoms with Gasteiger partial charge in [-0.1, -0.05) is 79.6 Å². The minimum atomic E-state index is -0.696. The normalized spacial score (nSPS) is 13.5. The number of benzene rings is 2. The number of hydrogen-bond donors (Lipinski definition) is 1. The Balaban J connectivity index is 1.75. The highest BCUT2D eigenvalue weighted by atomic mass is 35.5. The van der Waals surface area contributed by atoms with Gasteiger partial charge < -0.3 is 15.1 Å². The maximum atomic E-state index is 13.5. The zero-order chi connectivity index (χ0) is 24.2. The lowest BCUT2D eigenvalue weighted by molar-refractivity contribution is -0.141. The van der Waals surface area contributed by atoms with Crippen LogP contribution in [0.3, 0.4) is 0 Å².